The van der Waals surface area contributed by atoms with Crippen LogP contribution in [0.2, 0.25) is 0 Å². The number of aliphatic carboxylic acids is 1. The predicted molar refractivity (Wildman–Crippen MR) is 56.3 cm³/mol. The van der Waals surface area contributed by atoms with Gasteiger partial charge in [-0.2, -0.15) is 0 Å². The van der Waals surface area contributed by atoms with Crippen LogP contribution in [-0.4, -0.2) is 35.1 Å². The molecule has 0 spiro atoms. The standard InChI is InChI=1S/C11H21NO2/c1-9(11(13)14)5-3-7-12-8-4-6-10(12)2/h9-10H,3-8H2,1-2H3,(H,13,14). The highest BCUT2D eigenvalue weighted by molar-refractivity contribution is 5.69. The quantitative estimate of drug-likeness (QED) is 0.736. The maximum atomic E-state index is 10.6. The molecule has 0 aliphatic carbocycles. The molecular formula is C11H21NO2. The Morgan fingerprint density at radius 2 is 2.36 bits per heavy atom. The van der Waals surface area contributed by atoms with Gasteiger partial charge in [0.15, 0.2) is 0 Å². The molecule has 2 atom stereocenters. The molecule has 0 radical (unpaired) electrons. The fraction of sp³-hybridized carbons (Fsp3) is 0.909. The number of hydrogen-bond acceptors (Lipinski definition) is 2. The van der Waals surface area contributed by atoms with Gasteiger partial charge in [0.2, 0.25) is 0 Å². The van der Waals surface area contributed by atoms with E-state index in [4.69, 9.17) is 5.11 Å². The van der Waals surface area contributed by atoms with Crippen LogP contribution in [0.25, 0.3) is 0 Å². The van der Waals surface area contributed by atoms with Gasteiger partial charge in [-0.1, -0.05) is 6.92 Å². The number of nitrogens with zero attached hydrogens (tertiary/aromatic N) is 1. The summed E-state index contributed by atoms with van der Waals surface area (Å²) in [5, 5.41) is 8.71. The van der Waals surface area contributed by atoms with Crippen LogP contribution in [0.4, 0.5) is 0 Å². The van der Waals surface area contributed by atoms with Crippen molar-refractivity contribution in [3.63, 3.8) is 0 Å². The summed E-state index contributed by atoms with van der Waals surface area (Å²) in [5.74, 6) is -0.854. The first-order chi connectivity index (χ1) is 6.61. The van der Waals surface area contributed by atoms with Crippen LogP contribution in [0, 0.1) is 5.92 Å². The van der Waals surface area contributed by atoms with Gasteiger partial charge in [0, 0.05) is 6.04 Å². The molecule has 0 aromatic rings. The van der Waals surface area contributed by atoms with E-state index in [0.29, 0.717) is 6.04 Å². The maximum absolute atomic E-state index is 10.6. The Hall–Kier alpha value is -0.570. The number of carboxylic acids is 1. The first-order valence-corrected chi connectivity index (χ1v) is 5.58. The second-order valence-corrected chi connectivity index (χ2v) is 4.41. The lowest BCUT2D eigenvalue weighted by Crippen LogP contribution is -2.28. The summed E-state index contributed by atoms with van der Waals surface area (Å²) in [6.07, 6.45) is 4.42. The van der Waals surface area contributed by atoms with Gasteiger partial charge >= 0.3 is 5.97 Å². The molecule has 0 amide bonds. The Labute approximate surface area is 86.1 Å². The molecule has 1 saturated heterocycles. The van der Waals surface area contributed by atoms with Crippen molar-refractivity contribution in [3.05, 3.63) is 0 Å². The zero-order valence-electron chi connectivity index (χ0n) is 9.20. The lowest BCUT2D eigenvalue weighted by Gasteiger charge is -2.21. The van der Waals surface area contributed by atoms with E-state index in [2.05, 4.69) is 11.8 Å². The molecule has 1 aliphatic heterocycles. The van der Waals surface area contributed by atoms with Gasteiger partial charge in [-0.3, -0.25) is 4.79 Å². The van der Waals surface area contributed by atoms with Crippen LogP contribution in [0.3, 0.4) is 0 Å². The number of carboxylic acid groups (broad SMARTS) is 1. The van der Waals surface area contributed by atoms with Crippen LogP contribution < -0.4 is 0 Å². The topological polar surface area (TPSA) is 40.5 Å². The summed E-state index contributed by atoms with van der Waals surface area (Å²) in [6.45, 7) is 6.31. The van der Waals surface area contributed by atoms with Gasteiger partial charge in [0.05, 0.1) is 5.92 Å². The molecule has 2 unspecified atom stereocenters. The van der Waals surface area contributed by atoms with E-state index in [1.54, 1.807) is 6.92 Å². The highest BCUT2D eigenvalue weighted by Crippen LogP contribution is 2.17. The van der Waals surface area contributed by atoms with Crippen molar-refractivity contribution in [2.24, 2.45) is 5.92 Å². The average Bonchev–Trinajstić information content (AvgIpc) is 2.51. The Balaban J connectivity index is 2.11. The third-order valence-corrected chi connectivity index (χ3v) is 3.19. The Morgan fingerprint density at radius 3 is 2.86 bits per heavy atom. The monoisotopic (exact) mass is 199 g/mol. The van der Waals surface area contributed by atoms with E-state index in [-0.39, 0.29) is 5.92 Å². The average molecular weight is 199 g/mol. The van der Waals surface area contributed by atoms with Crippen LogP contribution in [0.15, 0.2) is 0 Å². The molecule has 3 heteroatoms. The van der Waals surface area contributed by atoms with Gasteiger partial charge in [0.25, 0.3) is 0 Å². The number of carbonyl (C=O) groups is 1. The van der Waals surface area contributed by atoms with Crippen molar-refractivity contribution >= 4 is 5.97 Å². The highest BCUT2D eigenvalue weighted by atomic mass is 16.4. The Bertz CT molecular complexity index is 194. The van der Waals surface area contributed by atoms with E-state index in [9.17, 15) is 4.79 Å². The third kappa shape index (κ3) is 3.29. The van der Waals surface area contributed by atoms with Gasteiger partial charge < -0.3 is 10.0 Å². The lowest BCUT2D eigenvalue weighted by atomic mass is 10.1. The summed E-state index contributed by atoms with van der Waals surface area (Å²) in [7, 11) is 0. The lowest BCUT2D eigenvalue weighted by molar-refractivity contribution is -0.141. The fourth-order valence-electron chi connectivity index (χ4n) is 2.05. The number of hydrogen-bond donors (Lipinski definition) is 1. The van der Waals surface area contributed by atoms with Gasteiger partial charge in [-0.15, -0.1) is 0 Å². The molecule has 1 rings (SSSR count). The molecule has 82 valence electrons. The molecule has 3 nitrogen and oxygen atoms in total. The Morgan fingerprint density at radius 1 is 1.64 bits per heavy atom. The molecule has 0 saturated carbocycles. The molecular weight excluding hydrogens is 178 g/mol. The molecule has 1 fully saturated rings. The number of likely N-dealkylation sites (tertiary alicyclic amines) is 1. The van der Waals surface area contributed by atoms with Gasteiger partial charge in [-0.25, -0.2) is 0 Å². The molecule has 1 heterocycles. The first kappa shape index (κ1) is 11.5. The second-order valence-electron chi connectivity index (χ2n) is 4.41. The van der Waals surface area contributed by atoms with Crippen LogP contribution in [0.5, 0.6) is 0 Å². The molecule has 1 N–H and O–H groups in total. The van der Waals surface area contributed by atoms with Crippen LogP contribution in [0.1, 0.15) is 39.5 Å². The second kappa shape index (κ2) is 5.35. The summed E-state index contributed by atoms with van der Waals surface area (Å²) < 4.78 is 0. The molecule has 14 heavy (non-hydrogen) atoms. The predicted octanol–water partition coefficient (Wildman–Crippen LogP) is 1.97. The van der Waals surface area contributed by atoms with E-state index >= 15 is 0 Å². The minimum Gasteiger partial charge on any atom is -0.481 e. The largest absolute Gasteiger partial charge is 0.481 e. The van der Waals surface area contributed by atoms with Crippen LogP contribution >= 0.6 is 0 Å². The SMILES string of the molecule is CC(CCCN1CCCC1C)C(=O)O. The van der Waals surface area contributed by atoms with E-state index in [1.807, 2.05) is 0 Å². The zero-order chi connectivity index (χ0) is 10.6. The summed E-state index contributed by atoms with van der Waals surface area (Å²) >= 11 is 0. The van der Waals surface area contributed by atoms with Crippen molar-refractivity contribution in [3.8, 4) is 0 Å². The minimum absolute atomic E-state index is 0.187. The van der Waals surface area contributed by atoms with E-state index in [0.717, 1.165) is 19.4 Å². The molecule has 0 aromatic carbocycles. The smallest absolute Gasteiger partial charge is 0.306 e. The first-order valence-electron chi connectivity index (χ1n) is 5.58. The summed E-state index contributed by atoms with van der Waals surface area (Å²) in [6, 6.07) is 0.704. The summed E-state index contributed by atoms with van der Waals surface area (Å²) in [4.78, 5) is 13.0. The van der Waals surface area contributed by atoms with Crippen molar-refractivity contribution < 1.29 is 9.90 Å². The van der Waals surface area contributed by atoms with E-state index in [1.165, 1.54) is 19.4 Å². The fourth-order valence-corrected chi connectivity index (χ4v) is 2.05. The van der Waals surface area contributed by atoms with Crippen molar-refractivity contribution in [2.45, 2.75) is 45.6 Å². The zero-order valence-corrected chi connectivity index (χ0v) is 9.20. The van der Waals surface area contributed by atoms with Crippen molar-refractivity contribution in [1.82, 2.24) is 4.90 Å². The molecule has 0 bridgehead atoms. The molecule has 0 aromatic heterocycles. The van der Waals surface area contributed by atoms with E-state index < -0.39 is 5.97 Å². The minimum atomic E-state index is -0.667. The van der Waals surface area contributed by atoms with Gasteiger partial charge in [-0.05, 0) is 45.7 Å². The highest BCUT2D eigenvalue weighted by Gasteiger charge is 2.20. The van der Waals surface area contributed by atoms with Gasteiger partial charge in [0.1, 0.15) is 0 Å². The van der Waals surface area contributed by atoms with Crippen molar-refractivity contribution in [2.75, 3.05) is 13.1 Å². The number of rotatable bonds is 5. The van der Waals surface area contributed by atoms with Crippen molar-refractivity contribution in [1.29, 1.82) is 0 Å². The van der Waals surface area contributed by atoms with Crippen LogP contribution in [-0.2, 0) is 4.79 Å². The maximum Gasteiger partial charge on any atom is 0.306 e. The Kier molecular flexibility index (Phi) is 4.39. The normalized spacial score (nSPS) is 25.1. The summed E-state index contributed by atoms with van der Waals surface area (Å²) in [5.41, 5.74) is 0. The molecule has 1 aliphatic rings. The third-order valence-electron chi connectivity index (χ3n) is 3.19.